The lowest BCUT2D eigenvalue weighted by atomic mass is 9.96. The zero-order chi connectivity index (χ0) is 20.1. The number of nitrogens with zero attached hydrogens (tertiary/aromatic N) is 2. The van der Waals surface area contributed by atoms with Crippen LogP contribution in [0.5, 0.6) is 0 Å². The van der Waals surface area contributed by atoms with Gasteiger partial charge in [-0.2, -0.15) is 0 Å². The van der Waals surface area contributed by atoms with Crippen LogP contribution in [0, 0.1) is 10.1 Å². The zero-order valence-electron chi connectivity index (χ0n) is 15.6. The van der Waals surface area contributed by atoms with Crippen LogP contribution in [0.4, 0.5) is 5.69 Å². The summed E-state index contributed by atoms with van der Waals surface area (Å²) >= 11 is 2.74. The second-order valence-corrected chi connectivity index (χ2v) is 9.03. The quantitative estimate of drug-likeness (QED) is 0.318. The van der Waals surface area contributed by atoms with Crippen LogP contribution in [-0.4, -0.2) is 27.6 Å². The molecule has 1 heterocycles. The van der Waals surface area contributed by atoms with Gasteiger partial charge in [0.05, 0.1) is 20.4 Å². The van der Waals surface area contributed by atoms with Crippen molar-refractivity contribution in [2.75, 3.05) is 6.54 Å². The van der Waals surface area contributed by atoms with Gasteiger partial charge in [0, 0.05) is 24.6 Å². The maximum atomic E-state index is 12.5. The van der Waals surface area contributed by atoms with Gasteiger partial charge in [-0.15, -0.1) is 11.3 Å². The highest BCUT2D eigenvalue weighted by Crippen LogP contribution is 2.33. The molecule has 0 aliphatic heterocycles. The summed E-state index contributed by atoms with van der Waals surface area (Å²) < 4.78 is 1.48. The largest absolute Gasteiger partial charge is 0.355 e. The number of fused-ring (bicyclic) bond motifs is 1. The Labute approximate surface area is 171 Å². The van der Waals surface area contributed by atoms with Crippen molar-refractivity contribution in [3.8, 4) is 0 Å². The van der Waals surface area contributed by atoms with Crippen LogP contribution in [0.25, 0.3) is 10.2 Å². The van der Waals surface area contributed by atoms with Gasteiger partial charge in [-0.25, -0.2) is 4.98 Å². The molecule has 3 aromatic rings. The second kappa shape index (κ2) is 9.16. The van der Waals surface area contributed by atoms with Crippen molar-refractivity contribution in [2.45, 2.75) is 35.8 Å². The third-order valence-electron chi connectivity index (χ3n) is 4.50. The van der Waals surface area contributed by atoms with Gasteiger partial charge < -0.3 is 5.32 Å². The number of nitro groups is 1. The summed E-state index contributed by atoms with van der Waals surface area (Å²) in [6.07, 6.45) is 0.947. The Morgan fingerprint density at radius 1 is 1.29 bits per heavy atom. The molecule has 1 amide bonds. The summed E-state index contributed by atoms with van der Waals surface area (Å²) in [6.45, 7) is 4.55. The van der Waals surface area contributed by atoms with E-state index >= 15 is 0 Å². The van der Waals surface area contributed by atoms with E-state index in [2.05, 4.69) is 29.4 Å². The minimum atomic E-state index is -0.418. The number of non-ortho nitro benzene ring substituents is 1. The van der Waals surface area contributed by atoms with Crippen LogP contribution in [0.3, 0.4) is 0 Å². The molecule has 28 heavy (non-hydrogen) atoms. The lowest BCUT2D eigenvalue weighted by molar-refractivity contribution is -0.384. The molecule has 146 valence electrons. The molecule has 0 aliphatic rings. The first-order valence-corrected chi connectivity index (χ1v) is 10.7. The average Bonchev–Trinajstić information content (AvgIpc) is 3.10. The molecule has 0 unspecified atom stereocenters. The third-order valence-corrected chi connectivity index (χ3v) is 6.71. The van der Waals surface area contributed by atoms with Gasteiger partial charge in [0.15, 0.2) is 4.34 Å². The molecule has 0 aliphatic carbocycles. The van der Waals surface area contributed by atoms with E-state index in [0.717, 1.165) is 15.5 Å². The van der Waals surface area contributed by atoms with Crippen molar-refractivity contribution in [1.82, 2.24) is 10.3 Å². The number of carbonyl (C=O) groups excluding carboxylic acids is 1. The molecular formula is C20H21N3O3S2. The van der Waals surface area contributed by atoms with Crippen molar-refractivity contribution in [2.24, 2.45) is 0 Å². The highest BCUT2D eigenvalue weighted by atomic mass is 32.2. The molecule has 0 fully saturated rings. The van der Waals surface area contributed by atoms with Gasteiger partial charge in [0.1, 0.15) is 0 Å². The molecule has 0 saturated carbocycles. The molecule has 1 N–H and O–H groups in total. The van der Waals surface area contributed by atoms with E-state index in [-0.39, 0.29) is 22.8 Å². The van der Waals surface area contributed by atoms with Crippen LogP contribution >= 0.6 is 23.1 Å². The van der Waals surface area contributed by atoms with E-state index in [0.29, 0.717) is 12.1 Å². The van der Waals surface area contributed by atoms with Gasteiger partial charge >= 0.3 is 0 Å². The monoisotopic (exact) mass is 415 g/mol. The fourth-order valence-electron chi connectivity index (χ4n) is 2.85. The van der Waals surface area contributed by atoms with Gasteiger partial charge in [-0.05, 0) is 25.0 Å². The molecule has 0 spiro atoms. The topological polar surface area (TPSA) is 85.1 Å². The summed E-state index contributed by atoms with van der Waals surface area (Å²) in [5.74, 6) is 0.245. The maximum absolute atomic E-state index is 12.5. The summed E-state index contributed by atoms with van der Waals surface area (Å²) in [6, 6.07) is 14.8. The predicted molar refractivity (Wildman–Crippen MR) is 114 cm³/mol. The van der Waals surface area contributed by atoms with Gasteiger partial charge in [-0.3, -0.25) is 14.9 Å². The Hall–Kier alpha value is -2.45. The zero-order valence-corrected chi connectivity index (χ0v) is 17.3. The van der Waals surface area contributed by atoms with Crippen molar-refractivity contribution in [3.05, 3.63) is 64.2 Å². The summed E-state index contributed by atoms with van der Waals surface area (Å²) in [5, 5.41) is 13.6. The third kappa shape index (κ3) is 4.88. The van der Waals surface area contributed by atoms with E-state index in [1.165, 1.54) is 40.8 Å². The van der Waals surface area contributed by atoms with Crippen LogP contribution in [0.15, 0.2) is 52.9 Å². The number of benzene rings is 2. The summed E-state index contributed by atoms with van der Waals surface area (Å²) in [5.41, 5.74) is 1.98. The molecule has 0 saturated heterocycles. The number of amides is 1. The Morgan fingerprint density at radius 2 is 2.04 bits per heavy atom. The highest BCUT2D eigenvalue weighted by molar-refractivity contribution is 8.02. The molecule has 3 rings (SSSR count). The van der Waals surface area contributed by atoms with E-state index in [9.17, 15) is 14.9 Å². The normalized spacial score (nSPS) is 13.2. The van der Waals surface area contributed by atoms with Crippen molar-refractivity contribution in [3.63, 3.8) is 0 Å². The minimum absolute atomic E-state index is 0.0374. The van der Waals surface area contributed by atoms with Crippen LogP contribution < -0.4 is 5.32 Å². The number of nitrogens with one attached hydrogen (secondary N) is 1. The van der Waals surface area contributed by atoms with Gasteiger partial charge in [0.25, 0.3) is 5.69 Å². The van der Waals surface area contributed by atoms with Crippen LogP contribution in [0.2, 0.25) is 0 Å². The Kier molecular flexibility index (Phi) is 6.64. The SMILES string of the molecule is CC[C@@H](CNC(=O)[C@@H](C)Sc1nc2ccc([N+](=O)[O-])cc2s1)c1ccccc1. The Bertz CT molecular complexity index is 975. The molecule has 8 heteroatoms. The van der Waals surface area contributed by atoms with Crippen molar-refractivity contribution >= 4 is 44.9 Å². The fourth-order valence-corrected chi connectivity index (χ4v) is 5.12. The van der Waals surface area contributed by atoms with Crippen LogP contribution in [0.1, 0.15) is 31.7 Å². The first-order chi connectivity index (χ1) is 13.5. The Balaban J connectivity index is 1.60. The molecule has 0 radical (unpaired) electrons. The maximum Gasteiger partial charge on any atom is 0.270 e. The first-order valence-electron chi connectivity index (χ1n) is 9.02. The van der Waals surface area contributed by atoms with Crippen LogP contribution in [-0.2, 0) is 4.79 Å². The predicted octanol–water partition coefficient (Wildman–Crippen LogP) is 5.00. The number of hydrogen-bond donors (Lipinski definition) is 1. The van der Waals surface area contributed by atoms with E-state index in [1.807, 2.05) is 25.1 Å². The number of thiazole rings is 1. The number of aromatic nitrogens is 1. The number of carbonyl (C=O) groups is 1. The van der Waals surface area contributed by atoms with Gasteiger partial charge in [-0.1, -0.05) is 49.0 Å². The lowest BCUT2D eigenvalue weighted by Crippen LogP contribution is -2.34. The Morgan fingerprint density at radius 3 is 2.71 bits per heavy atom. The number of thioether (sulfide) groups is 1. The molecule has 2 aromatic carbocycles. The lowest BCUT2D eigenvalue weighted by Gasteiger charge is -2.17. The van der Waals surface area contributed by atoms with Crippen molar-refractivity contribution < 1.29 is 9.72 Å². The molecule has 6 nitrogen and oxygen atoms in total. The smallest absolute Gasteiger partial charge is 0.270 e. The van der Waals surface area contributed by atoms with Crippen molar-refractivity contribution in [1.29, 1.82) is 0 Å². The number of rotatable bonds is 8. The average molecular weight is 416 g/mol. The first kappa shape index (κ1) is 20.3. The van der Waals surface area contributed by atoms with Gasteiger partial charge in [0.2, 0.25) is 5.91 Å². The minimum Gasteiger partial charge on any atom is -0.355 e. The number of hydrogen-bond acceptors (Lipinski definition) is 6. The van der Waals surface area contributed by atoms with E-state index in [1.54, 1.807) is 6.07 Å². The molecule has 2 atom stereocenters. The fraction of sp³-hybridized carbons (Fsp3) is 0.300. The van der Waals surface area contributed by atoms with E-state index < -0.39 is 4.92 Å². The molecular weight excluding hydrogens is 394 g/mol. The standard InChI is InChI=1S/C20H21N3O3S2/c1-3-14(15-7-5-4-6-8-15)12-21-19(24)13(2)27-20-22-17-10-9-16(23(25)26)11-18(17)28-20/h4-11,13-14H,3,12H2,1-2H3,(H,21,24)/t13-,14+/m1/s1. The summed E-state index contributed by atoms with van der Waals surface area (Å²) in [4.78, 5) is 27.5. The number of nitro benzene ring substituents is 1. The van der Waals surface area contributed by atoms with E-state index in [4.69, 9.17) is 0 Å². The summed E-state index contributed by atoms with van der Waals surface area (Å²) in [7, 11) is 0. The highest BCUT2D eigenvalue weighted by Gasteiger charge is 2.19. The molecule has 0 bridgehead atoms. The second-order valence-electron chi connectivity index (χ2n) is 6.41. The molecule has 1 aromatic heterocycles.